The molecule has 23 heavy (non-hydrogen) atoms. The van der Waals surface area contributed by atoms with Crippen LogP contribution < -0.4 is 0 Å². The molecular formula is C22H38O. The molecule has 0 unspecified atom stereocenters. The van der Waals surface area contributed by atoms with Crippen LogP contribution in [0.3, 0.4) is 0 Å². The van der Waals surface area contributed by atoms with Crippen LogP contribution in [0.5, 0.6) is 0 Å². The van der Waals surface area contributed by atoms with Gasteiger partial charge in [-0.15, -0.1) is 0 Å². The highest BCUT2D eigenvalue weighted by molar-refractivity contribution is 5.40. The summed E-state index contributed by atoms with van der Waals surface area (Å²) in [6, 6.07) is 4.68. The van der Waals surface area contributed by atoms with Gasteiger partial charge in [0.15, 0.2) is 0 Å². The minimum atomic E-state index is 0.145. The van der Waals surface area contributed by atoms with Crippen molar-refractivity contribution in [3.8, 4) is 0 Å². The molecule has 1 aromatic rings. The van der Waals surface area contributed by atoms with Crippen LogP contribution >= 0.6 is 0 Å². The number of rotatable bonds is 4. The van der Waals surface area contributed by atoms with Gasteiger partial charge in [-0.25, -0.2) is 0 Å². The Bertz CT molecular complexity index is 481. The molecule has 132 valence electrons. The number of hydrogen-bond donors (Lipinski definition) is 1. The van der Waals surface area contributed by atoms with E-state index in [2.05, 4.69) is 74.4 Å². The smallest absolute Gasteiger partial charge is 0.0687 e. The van der Waals surface area contributed by atoms with Crippen molar-refractivity contribution >= 4 is 0 Å². The predicted octanol–water partition coefficient (Wildman–Crippen LogP) is 5.94. The number of aliphatic hydroxyl groups is 1. The molecule has 1 heteroatoms. The maximum atomic E-state index is 10.0. The van der Waals surface area contributed by atoms with Gasteiger partial charge in [0.2, 0.25) is 0 Å². The van der Waals surface area contributed by atoms with Crippen LogP contribution in [0.1, 0.15) is 84.6 Å². The lowest BCUT2D eigenvalue weighted by atomic mass is 9.78. The first-order chi connectivity index (χ1) is 10.2. The first-order valence-electron chi connectivity index (χ1n) is 8.95. The van der Waals surface area contributed by atoms with Crippen LogP contribution in [0.2, 0.25) is 0 Å². The highest BCUT2D eigenvalue weighted by atomic mass is 16.3. The predicted molar refractivity (Wildman–Crippen MR) is 102 cm³/mol. The van der Waals surface area contributed by atoms with Gasteiger partial charge in [-0.3, -0.25) is 0 Å². The molecule has 0 aliphatic rings. The minimum Gasteiger partial charge on any atom is -0.392 e. The molecule has 1 N–H and O–H groups in total. The van der Waals surface area contributed by atoms with E-state index in [1.54, 1.807) is 0 Å². The van der Waals surface area contributed by atoms with Crippen molar-refractivity contribution in [3.05, 3.63) is 34.4 Å². The van der Waals surface area contributed by atoms with E-state index in [1.807, 2.05) is 0 Å². The van der Waals surface area contributed by atoms with E-state index < -0.39 is 0 Å². The lowest BCUT2D eigenvalue weighted by Crippen LogP contribution is -2.17. The topological polar surface area (TPSA) is 20.2 Å². The average Bonchev–Trinajstić information content (AvgIpc) is 2.21. The van der Waals surface area contributed by atoms with E-state index in [1.165, 1.54) is 16.7 Å². The summed E-state index contributed by atoms with van der Waals surface area (Å²) in [5, 5.41) is 10.0. The molecular weight excluding hydrogens is 280 g/mol. The highest BCUT2D eigenvalue weighted by Gasteiger charge is 2.21. The van der Waals surface area contributed by atoms with Crippen molar-refractivity contribution < 1.29 is 5.11 Å². The minimum absolute atomic E-state index is 0.145. The summed E-state index contributed by atoms with van der Waals surface area (Å²) in [5.41, 5.74) is 5.97. The average molecular weight is 319 g/mol. The summed E-state index contributed by atoms with van der Waals surface area (Å²) >= 11 is 0. The Balaban J connectivity index is 3.40. The molecule has 0 aliphatic heterocycles. The van der Waals surface area contributed by atoms with Gasteiger partial charge in [-0.1, -0.05) is 74.4 Å². The van der Waals surface area contributed by atoms with Crippen LogP contribution in [0.25, 0.3) is 0 Å². The fraction of sp³-hybridized carbons (Fsp3) is 0.727. The number of hydrogen-bond acceptors (Lipinski definition) is 1. The fourth-order valence-corrected chi connectivity index (χ4v) is 3.25. The zero-order valence-electron chi connectivity index (χ0n) is 16.9. The van der Waals surface area contributed by atoms with Gasteiger partial charge in [0.1, 0.15) is 0 Å². The standard InChI is InChI=1S/C22H38O/c1-20(2,3)12-16-10-17(13-21(4,5)6)19(15-23)18(11-16)14-22(7,8)9/h10-11,23H,12-15H2,1-9H3. The monoisotopic (exact) mass is 318 g/mol. The van der Waals surface area contributed by atoms with Gasteiger partial charge >= 0.3 is 0 Å². The molecule has 1 rings (SSSR count). The Morgan fingerprint density at radius 2 is 1.00 bits per heavy atom. The molecule has 0 aromatic heterocycles. The van der Waals surface area contributed by atoms with Gasteiger partial charge in [-0.05, 0) is 57.8 Å². The normalized spacial score (nSPS) is 13.5. The zero-order valence-corrected chi connectivity index (χ0v) is 16.9. The van der Waals surface area contributed by atoms with Gasteiger partial charge in [0.25, 0.3) is 0 Å². The van der Waals surface area contributed by atoms with Crippen molar-refractivity contribution in [3.63, 3.8) is 0 Å². The lowest BCUT2D eigenvalue weighted by Gasteiger charge is -2.27. The van der Waals surface area contributed by atoms with E-state index in [0.29, 0.717) is 0 Å². The van der Waals surface area contributed by atoms with Crippen LogP contribution in [0.4, 0.5) is 0 Å². The second-order valence-corrected chi connectivity index (χ2v) is 10.8. The highest BCUT2D eigenvalue weighted by Crippen LogP contribution is 2.32. The van der Waals surface area contributed by atoms with E-state index in [9.17, 15) is 5.11 Å². The third-order valence-corrected chi connectivity index (χ3v) is 3.83. The summed E-state index contributed by atoms with van der Waals surface area (Å²) in [5.74, 6) is 0. The maximum absolute atomic E-state index is 10.0. The summed E-state index contributed by atoms with van der Waals surface area (Å²) in [6.07, 6.45) is 3.10. The van der Waals surface area contributed by atoms with Gasteiger partial charge < -0.3 is 5.11 Å². The molecule has 0 radical (unpaired) electrons. The van der Waals surface area contributed by atoms with Crippen molar-refractivity contribution in [1.82, 2.24) is 0 Å². The SMILES string of the molecule is CC(C)(C)Cc1cc(CC(C)(C)C)c(CO)c(CC(C)(C)C)c1. The Hall–Kier alpha value is -0.820. The van der Waals surface area contributed by atoms with E-state index >= 15 is 0 Å². The molecule has 0 bridgehead atoms. The third kappa shape index (κ3) is 7.52. The quantitative estimate of drug-likeness (QED) is 0.728. The van der Waals surface area contributed by atoms with Crippen molar-refractivity contribution in [2.24, 2.45) is 16.2 Å². The molecule has 0 spiro atoms. The summed E-state index contributed by atoms with van der Waals surface area (Å²) in [4.78, 5) is 0. The van der Waals surface area contributed by atoms with Gasteiger partial charge in [0, 0.05) is 0 Å². The van der Waals surface area contributed by atoms with E-state index in [0.717, 1.165) is 24.8 Å². The maximum Gasteiger partial charge on any atom is 0.0687 e. The second kappa shape index (κ2) is 6.97. The summed E-state index contributed by atoms with van der Waals surface area (Å²) in [7, 11) is 0. The van der Waals surface area contributed by atoms with Gasteiger partial charge in [-0.2, -0.15) is 0 Å². The largest absolute Gasteiger partial charge is 0.392 e. The molecule has 0 atom stereocenters. The molecule has 0 amide bonds. The Kier molecular flexibility index (Phi) is 6.13. The van der Waals surface area contributed by atoms with Crippen molar-refractivity contribution in [2.75, 3.05) is 0 Å². The molecule has 1 aromatic carbocycles. The van der Waals surface area contributed by atoms with Crippen molar-refractivity contribution in [1.29, 1.82) is 0 Å². The lowest BCUT2D eigenvalue weighted by molar-refractivity contribution is 0.275. The van der Waals surface area contributed by atoms with Crippen LogP contribution in [-0.4, -0.2) is 5.11 Å². The van der Waals surface area contributed by atoms with Crippen LogP contribution in [0, 0.1) is 16.2 Å². The number of aliphatic hydroxyl groups excluding tert-OH is 1. The third-order valence-electron chi connectivity index (χ3n) is 3.83. The Labute approximate surface area is 144 Å². The molecule has 0 fully saturated rings. The first kappa shape index (κ1) is 20.2. The van der Waals surface area contributed by atoms with Crippen LogP contribution in [0.15, 0.2) is 12.1 Å². The summed E-state index contributed by atoms with van der Waals surface area (Å²) in [6.45, 7) is 20.7. The molecule has 0 saturated heterocycles. The van der Waals surface area contributed by atoms with E-state index in [-0.39, 0.29) is 22.9 Å². The summed E-state index contributed by atoms with van der Waals surface area (Å²) < 4.78 is 0. The molecule has 0 saturated carbocycles. The van der Waals surface area contributed by atoms with E-state index in [4.69, 9.17) is 0 Å². The van der Waals surface area contributed by atoms with Gasteiger partial charge in [0.05, 0.1) is 6.61 Å². The Morgan fingerprint density at radius 1 is 0.652 bits per heavy atom. The van der Waals surface area contributed by atoms with Crippen molar-refractivity contribution in [2.45, 2.75) is 88.2 Å². The number of benzene rings is 1. The Morgan fingerprint density at radius 3 is 1.26 bits per heavy atom. The molecule has 0 aliphatic carbocycles. The van der Waals surface area contributed by atoms with Crippen LogP contribution in [-0.2, 0) is 25.9 Å². The zero-order chi connectivity index (χ0) is 18.1. The molecule has 0 heterocycles. The molecule has 1 nitrogen and oxygen atoms in total. The first-order valence-corrected chi connectivity index (χ1v) is 8.95. The second-order valence-electron chi connectivity index (χ2n) is 10.8. The fourth-order valence-electron chi connectivity index (χ4n) is 3.25.